The lowest BCUT2D eigenvalue weighted by Gasteiger charge is -2.36. The molecule has 2 rings (SSSR count). The number of halogens is 1. The molecule has 1 N–H and O–H groups in total. The van der Waals surface area contributed by atoms with Crippen LogP contribution in [0.1, 0.15) is 12.8 Å². The predicted octanol–water partition coefficient (Wildman–Crippen LogP) is 0.542. The summed E-state index contributed by atoms with van der Waals surface area (Å²) in [5.74, 6) is -2.49. The maximum Gasteiger partial charge on any atom is 0.323 e. The number of carboxylic acid groups (broad SMARTS) is 1. The first-order chi connectivity index (χ1) is 12.2. The van der Waals surface area contributed by atoms with E-state index in [0.29, 0.717) is 12.8 Å². The van der Waals surface area contributed by atoms with Crippen LogP contribution >= 0.6 is 0 Å². The van der Waals surface area contributed by atoms with Crippen molar-refractivity contribution in [1.29, 1.82) is 0 Å². The third-order valence-electron chi connectivity index (χ3n) is 4.15. The molecule has 8 nitrogen and oxygen atoms in total. The molecule has 1 fully saturated rings. The maximum absolute atomic E-state index is 13.6. The number of carboxylic acids is 1. The smallest absolute Gasteiger partial charge is 0.323 e. The van der Waals surface area contributed by atoms with Gasteiger partial charge in [-0.15, -0.1) is 0 Å². The maximum atomic E-state index is 13.6. The van der Waals surface area contributed by atoms with E-state index in [2.05, 4.69) is 0 Å². The summed E-state index contributed by atoms with van der Waals surface area (Å²) in [4.78, 5) is 24.7. The van der Waals surface area contributed by atoms with Crippen molar-refractivity contribution in [1.82, 2.24) is 9.21 Å². The molecule has 1 saturated heterocycles. The Labute approximate surface area is 151 Å². The number of amides is 1. The summed E-state index contributed by atoms with van der Waals surface area (Å²) >= 11 is 0. The van der Waals surface area contributed by atoms with Crippen LogP contribution in [0.5, 0.6) is 5.75 Å². The molecule has 0 spiro atoms. The Balaban J connectivity index is 2.01. The molecule has 1 aliphatic rings. The minimum Gasteiger partial charge on any atom is -0.481 e. The van der Waals surface area contributed by atoms with E-state index in [-0.39, 0.29) is 18.8 Å². The van der Waals surface area contributed by atoms with Gasteiger partial charge in [0.05, 0.1) is 6.26 Å². The SMILES string of the molecule is CS(=O)(=O)N1CCC(N(CC(=O)O)C(=O)COc2ccccc2F)CC1. The first-order valence-electron chi connectivity index (χ1n) is 8.02. The highest BCUT2D eigenvalue weighted by Crippen LogP contribution is 2.20. The summed E-state index contributed by atoms with van der Waals surface area (Å²) in [7, 11) is -3.32. The van der Waals surface area contributed by atoms with Gasteiger partial charge >= 0.3 is 5.97 Å². The molecule has 1 aliphatic heterocycles. The van der Waals surface area contributed by atoms with Gasteiger partial charge in [0.1, 0.15) is 6.54 Å². The van der Waals surface area contributed by atoms with Gasteiger partial charge in [0.2, 0.25) is 10.0 Å². The molecule has 0 atom stereocenters. The monoisotopic (exact) mass is 388 g/mol. The number of piperidine rings is 1. The molecule has 1 aromatic carbocycles. The molecule has 0 aromatic heterocycles. The highest BCUT2D eigenvalue weighted by molar-refractivity contribution is 7.88. The molecule has 1 heterocycles. The second-order valence-corrected chi connectivity index (χ2v) is 8.01. The van der Waals surface area contributed by atoms with Gasteiger partial charge in [-0.2, -0.15) is 0 Å². The second kappa shape index (κ2) is 8.45. The van der Waals surface area contributed by atoms with E-state index >= 15 is 0 Å². The van der Waals surface area contributed by atoms with Crippen molar-refractivity contribution in [2.24, 2.45) is 0 Å². The molecule has 0 radical (unpaired) electrons. The van der Waals surface area contributed by atoms with Crippen LogP contribution in [0.15, 0.2) is 24.3 Å². The Bertz CT molecular complexity index is 762. The van der Waals surface area contributed by atoms with Crippen molar-refractivity contribution >= 4 is 21.9 Å². The molecule has 144 valence electrons. The van der Waals surface area contributed by atoms with Crippen molar-refractivity contribution in [3.8, 4) is 5.75 Å². The van der Waals surface area contributed by atoms with E-state index in [1.807, 2.05) is 0 Å². The largest absolute Gasteiger partial charge is 0.481 e. The molecule has 1 amide bonds. The van der Waals surface area contributed by atoms with Crippen LogP contribution in [-0.4, -0.2) is 73.1 Å². The van der Waals surface area contributed by atoms with E-state index in [0.717, 1.165) is 11.2 Å². The first-order valence-corrected chi connectivity index (χ1v) is 9.87. The second-order valence-electron chi connectivity index (χ2n) is 6.03. The van der Waals surface area contributed by atoms with Gasteiger partial charge in [-0.3, -0.25) is 9.59 Å². The van der Waals surface area contributed by atoms with Gasteiger partial charge < -0.3 is 14.7 Å². The Morgan fingerprint density at radius 2 is 1.92 bits per heavy atom. The molecular formula is C16H21FN2O6S. The van der Waals surface area contributed by atoms with Crippen LogP contribution in [0.3, 0.4) is 0 Å². The van der Waals surface area contributed by atoms with Crippen molar-refractivity contribution in [2.45, 2.75) is 18.9 Å². The minimum absolute atomic E-state index is 0.0944. The zero-order chi connectivity index (χ0) is 19.3. The number of ether oxygens (including phenoxy) is 1. The van der Waals surface area contributed by atoms with Gasteiger partial charge in [-0.25, -0.2) is 17.1 Å². The van der Waals surface area contributed by atoms with E-state index in [1.54, 1.807) is 6.07 Å². The van der Waals surface area contributed by atoms with E-state index < -0.39 is 46.9 Å². The Hall–Kier alpha value is -2.20. The van der Waals surface area contributed by atoms with E-state index in [1.165, 1.54) is 22.5 Å². The standard InChI is InChI=1S/C16H21FN2O6S/c1-26(23,24)18-8-6-12(7-9-18)19(10-16(21)22)15(20)11-25-14-5-3-2-4-13(14)17/h2-5,12H,6-11H2,1H3,(H,21,22). The number of para-hydroxylation sites is 1. The Kier molecular flexibility index (Phi) is 6.54. The molecule has 1 aromatic rings. The fourth-order valence-electron chi connectivity index (χ4n) is 2.84. The van der Waals surface area contributed by atoms with Gasteiger partial charge in [0.15, 0.2) is 18.2 Å². The zero-order valence-corrected chi connectivity index (χ0v) is 15.1. The molecule has 0 bridgehead atoms. The Morgan fingerprint density at radius 1 is 1.31 bits per heavy atom. The molecular weight excluding hydrogens is 367 g/mol. The van der Waals surface area contributed by atoms with E-state index in [9.17, 15) is 22.4 Å². The normalized spacial score (nSPS) is 16.2. The summed E-state index contributed by atoms with van der Waals surface area (Å²) < 4.78 is 43.1. The number of benzene rings is 1. The van der Waals surface area contributed by atoms with Crippen molar-refractivity contribution < 1.29 is 32.2 Å². The number of hydrogen-bond acceptors (Lipinski definition) is 5. The molecule has 0 saturated carbocycles. The third-order valence-corrected chi connectivity index (χ3v) is 5.45. The lowest BCUT2D eigenvalue weighted by atomic mass is 10.0. The summed E-state index contributed by atoms with van der Waals surface area (Å²) in [6.45, 7) is -0.606. The van der Waals surface area contributed by atoms with Crippen LogP contribution in [0, 0.1) is 5.82 Å². The topological polar surface area (TPSA) is 104 Å². The molecule has 0 aliphatic carbocycles. The van der Waals surface area contributed by atoms with E-state index in [4.69, 9.17) is 9.84 Å². The van der Waals surface area contributed by atoms with Crippen LogP contribution in [0.2, 0.25) is 0 Å². The first kappa shape index (κ1) is 20.1. The lowest BCUT2D eigenvalue weighted by molar-refractivity contribution is -0.147. The average Bonchev–Trinajstić information content (AvgIpc) is 2.58. The molecule has 0 unspecified atom stereocenters. The highest BCUT2D eigenvalue weighted by atomic mass is 32.2. The molecule has 10 heteroatoms. The summed E-state index contributed by atoms with van der Waals surface area (Å²) in [5, 5.41) is 9.07. The van der Waals surface area contributed by atoms with Crippen molar-refractivity contribution in [2.75, 3.05) is 32.5 Å². The number of carbonyl (C=O) groups excluding carboxylic acids is 1. The number of sulfonamides is 1. The number of aliphatic carboxylic acids is 1. The van der Waals surface area contributed by atoms with Gasteiger partial charge in [0.25, 0.3) is 5.91 Å². The third kappa shape index (κ3) is 5.40. The van der Waals surface area contributed by atoms with Crippen LogP contribution in [-0.2, 0) is 19.6 Å². The highest BCUT2D eigenvalue weighted by Gasteiger charge is 2.32. The predicted molar refractivity (Wildman–Crippen MR) is 90.7 cm³/mol. The number of rotatable bonds is 7. The summed E-state index contributed by atoms with van der Waals surface area (Å²) in [6, 6.07) is 5.18. The quantitative estimate of drug-likeness (QED) is 0.731. The Morgan fingerprint density at radius 3 is 2.46 bits per heavy atom. The average molecular weight is 388 g/mol. The van der Waals surface area contributed by atoms with Crippen LogP contribution in [0.25, 0.3) is 0 Å². The van der Waals surface area contributed by atoms with Crippen molar-refractivity contribution in [3.05, 3.63) is 30.1 Å². The fraction of sp³-hybridized carbons (Fsp3) is 0.500. The van der Waals surface area contributed by atoms with Crippen LogP contribution in [0.4, 0.5) is 4.39 Å². The fourth-order valence-corrected chi connectivity index (χ4v) is 3.71. The number of hydrogen-bond donors (Lipinski definition) is 1. The van der Waals surface area contributed by atoms with Crippen molar-refractivity contribution in [3.63, 3.8) is 0 Å². The van der Waals surface area contributed by atoms with Crippen LogP contribution < -0.4 is 4.74 Å². The number of nitrogens with zero attached hydrogens (tertiary/aromatic N) is 2. The number of carbonyl (C=O) groups is 2. The summed E-state index contributed by atoms with van der Waals surface area (Å²) in [5.41, 5.74) is 0. The van der Waals surface area contributed by atoms with Gasteiger partial charge in [-0.05, 0) is 25.0 Å². The summed E-state index contributed by atoms with van der Waals surface area (Å²) in [6.07, 6.45) is 1.76. The van der Waals surface area contributed by atoms with Gasteiger partial charge in [-0.1, -0.05) is 12.1 Å². The minimum atomic E-state index is -3.32. The zero-order valence-electron chi connectivity index (χ0n) is 14.3. The molecule has 26 heavy (non-hydrogen) atoms. The lowest BCUT2D eigenvalue weighted by Crippen LogP contribution is -2.51. The van der Waals surface area contributed by atoms with Gasteiger partial charge in [0, 0.05) is 19.1 Å².